The van der Waals surface area contributed by atoms with Crippen molar-refractivity contribution in [3.05, 3.63) is 41.7 Å². The van der Waals surface area contributed by atoms with Crippen molar-refractivity contribution in [3.63, 3.8) is 0 Å². The van der Waals surface area contributed by atoms with E-state index in [0.29, 0.717) is 5.56 Å². The van der Waals surface area contributed by atoms with E-state index in [4.69, 9.17) is 10.5 Å². The number of benzene rings is 1. The maximum absolute atomic E-state index is 12.7. The molecule has 0 fully saturated rings. The highest BCUT2D eigenvalue weighted by Crippen LogP contribution is 2.09. The van der Waals surface area contributed by atoms with Crippen LogP contribution in [0.2, 0.25) is 0 Å². The maximum atomic E-state index is 12.7. The Bertz CT molecular complexity index is 582. The zero-order chi connectivity index (χ0) is 16.7. The summed E-state index contributed by atoms with van der Waals surface area (Å²) in [6.45, 7) is 3.31. The zero-order valence-corrected chi connectivity index (χ0v) is 12.2. The number of primary amides is 1. The summed E-state index contributed by atoms with van der Waals surface area (Å²) in [5.41, 5.74) is 5.45. The third-order valence-electron chi connectivity index (χ3n) is 2.64. The van der Waals surface area contributed by atoms with E-state index in [-0.39, 0.29) is 11.7 Å². The molecule has 0 aliphatic carbocycles. The molecule has 1 aromatic carbocycles. The van der Waals surface area contributed by atoms with E-state index in [1.807, 2.05) is 5.32 Å². The average Bonchev–Trinajstić information content (AvgIpc) is 2.43. The standard InChI is InChI=1S/C15H17FN2O4/c1-9(2)13(14(20)18-15(17)21)22-12(19)8-5-10-3-6-11(16)7-4-10/h3-9,13H,1-2H3,(H3,17,18,20,21)/b8-5+/t13-/m0/s1. The number of hydrogen-bond donors (Lipinski definition) is 2. The van der Waals surface area contributed by atoms with Gasteiger partial charge in [0.05, 0.1) is 0 Å². The van der Waals surface area contributed by atoms with Gasteiger partial charge >= 0.3 is 12.0 Å². The molecule has 0 aliphatic rings. The second kappa shape index (κ2) is 7.92. The van der Waals surface area contributed by atoms with Gasteiger partial charge in [-0.1, -0.05) is 26.0 Å². The van der Waals surface area contributed by atoms with E-state index in [9.17, 15) is 18.8 Å². The summed E-state index contributed by atoms with van der Waals surface area (Å²) in [6, 6.07) is 4.45. The molecule has 0 heterocycles. The molecule has 1 atom stereocenters. The Hall–Kier alpha value is -2.70. The van der Waals surface area contributed by atoms with Crippen LogP contribution in [0.15, 0.2) is 30.3 Å². The number of nitrogens with one attached hydrogen (secondary N) is 1. The molecule has 0 aromatic heterocycles. The number of carbonyl (C=O) groups excluding carboxylic acids is 3. The number of rotatable bonds is 5. The Morgan fingerprint density at radius 1 is 1.23 bits per heavy atom. The molecule has 3 amide bonds. The van der Waals surface area contributed by atoms with E-state index in [2.05, 4.69) is 0 Å². The average molecular weight is 308 g/mol. The fraction of sp³-hybridized carbons (Fsp3) is 0.267. The Morgan fingerprint density at radius 3 is 2.32 bits per heavy atom. The Morgan fingerprint density at radius 2 is 1.82 bits per heavy atom. The van der Waals surface area contributed by atoms with Gasteiger partial charge in [-0.25, -0.2) is 14.0 Å². The molecule has 0 saturated heterocycles. The van der Waals surface area contributed by atoms with Gasteiger partial charge in [0.25, 0.3) is 5.91 Å². The first-order chi connectivity index (χ1) is 10.3. The number of esters is 1. The third-order valence-corrected chi connectivity index (χ3v) is 2.64. The van der Waals surface area contributed by atoms with Crippen molar-refractivity contribution in [2.24, 2.45) is 11.7 Å². The second-order valence-corrected chi connectivity index (χ2v) is 4.84. The summed E-state index contributed by atoms with van der Waals surface area (Å²) >= 11 is 0. The molecular weight excluding hydrogens is 291 g/mol. The summed E-state index contributed by atoms with van der Waals surface area (Å²) < 4.78 is 17.7. The lowest BCUT2D eigenvalue weighted by Gasteiger charge is -2.18. The van der Waals surface area contributed by atoms with Crippen molar-refractivity contribution in [3.8, 4) is 0 Å². The monoisotopic (exact) mass is 308 g/mol. The van der Waals surface area contributed by atoms with Gasteiger partial charge in [-0.3, -0.25) is 10.1 Å². The van der Waals surface area contributed by atoms with Crippen molar-refractivity contribution >= 4 is 24.0 Å². The zero-order valence-electron chi connectivity index (χ0n) is 12.2. The van der Waals surface area contributed by atoms with Gasteiger partial charge in [0.1, 0.15) is 5.82 Å². The van der Waals surface area contributed by atoms with E-state index in [1.165, 1.54) is 30.3 Å². The SMILES string of the molecule is CC(C)[C@H](OC(=O)/C=C/c1ccc(F)cc1)C(=O)NC(N)=O. The van der Waals surface area contributed by atoms with Gasteiger partial charge < -0.3 is 10.5 Å². The molecule has 0 saturated carbocycles. The lowest BCUT2D eigenvalue weighted by Crippen LogP contribution is -2.45. The van der Waals surface area contributed by atoms with Crippen LogP contribution in [-0.2, 0) is 14.3 Å². The van der Waals surface area contributed by atoms with Crippen molar-refractivity contribution < 1.29 is 23.5 Å². The van der Waals surface area contributed by atoms with Gasteiger partial charge in [0.15, 0.2) is 6.10 Å². The van der Waals surface area contributed by atoms with Crippen LogP contribution in [0.1, 0.15) is 19.4 Å². The van der Waals surface area contributed by atoms with Crippen LogP contribution < -0.4 is 11.1 Å². The highest BCUT2D eigenvalue weighted by atomic mass is 19.1. The third kappa shape index (κ3) is 5.74. The number of amides is 3. The van der Waals surface area contributed by atoms with Crippen LogP contribution in [0.5, 0.6) is 0 Å². The van der Waals surface area contributed by atoms with E-state index in [0.717, 1.165) is 6.08 Å². The first-order valence-corrected chi connectivity index (χ1v) is 6.54. The molecule has 118 valence electrons. The van der Waals surface area contributed by atoms with Crippen molar-refractivity contribution in [1.29, 1.82) is 0 Å². The smallest absolute Gasteiger partial charge is 0.331 e. The maximum Gasteiger partial charge on any atom is 0.331 e. The number of nitrogens with two attached hydrogens (primary N) is 1. The van der Waals surface area contributed by atoms with E-state index >= 15 is 0 Å². The summed E-state index contributed by atoms with van der Waals surface area (Å²) in [5, 5.41) is 1.87. The molecule has 0 radical (unpaired) electrons. The minimum absolute atomic E-state index is 0.345. The van der Waals surface area contributed by atoms with Gasteiger partial charge in [-0.05, 0) is 29.7 Å². The first-order valence-electron chi connectivity index (χ1n) is 6.54. The van der Waals surface area contributed by atoms with Gasteiger partial charge in [0.2, 0.25) is 0 Å². The number of carbonyl (C=O) groups is 3. The Balaban J connectivity index is 2.69. The minimum Gasteiger partial charge on any atom is -0.449 e. The Kier molecular flexibility index (Phi) is 6.25. The number of urea groups is 1. The van der Waals surface area contributed by atoms with E-state index < -0.39 is 24.0 Å². The largest absolute Gasteiger partial charge is 0.449 e. The fourth-order valence-corrected chi connectivity index (χ4v) is 1.59. The molecule has 22 heavy (non-hydrogen) atoms. The molecule has 6 nitrogen and oxygen atoms in total. The van der Waals surface area contributed by atoms with Crippen LogP contribution in [-0.4, -0.2) is 24.0 Å². The normalized spacial score (nSPS) is 12.2. The van der Waals surface area contributed by atoms with Crippen molar-refractivity contribution in [2.45, 2.75) is 20.0 Å². The van der Waals surface area contributed by atoms with Crippen LogP contribution >= 0.6 is 0 Å². The molecule has 1 rings (SSSR count). The number of hydrogen-bond acceptors (Lipinski definition) is 4. The minimum atomic E-state index is -1.14. The highest BCUT2D eigenvalue weighted by molar-refractivity contribution is 5.97. The van der Waals surface area contributed by atoms with Crippen LogP contribution in [0, 0.1) is 11.7 Å². The van der Waals surface area contributed by atoms with Crippen LogP contribution in [0.3, 0.4) is 0 Å². The summed E-state index contributed by atoms with van der Waals surface area (Å²) in [5.74, 6) is -2.28. The molecule has 0 aliphatic heterocycles. The Labute approximate surface area is 127 Å². The predicted octanol–water partition coefficient (Wildman–Crippen LogP) is 1.60. The van der Waals surface area contributed by atoms with E-state index in [1.54, 1.807) is 13.8 Å². The molecule has 0 spiro atoms. The second-order valence-electron chi connectivity index (χ2n) is 4.84. The molecule has 1 aromatic rings. The molecule has 7 heteroatoms. The predicted molar refractivity (Wildman–Crippen MR) is 77.9 cm³/mol. The van der Waals surface area contributed by atoms with Crippen molar-refractivity contribution in [2.75, 3.05) is 0 Å². The van der Waals surface area contributed by atoms with Gasteiger partial charge in [-0.2, -0.15) is 0 Å². The summed E-state index contributed by atoms with van der Waals surface area (Å²) in [4.78, 5) is 34.1. The van der Waals surface area contributed by atoms with Crippen molar-refractivity contribution in [1.82, 2.24) is 5.32 Å². The van der Waals surface area contributed by atoms with Gasteiger partial charge in [-0.15, -0.1) is 0 Å². The summed E-state index contributed by atoms with van der Waals surface area (Å²) in [7, 11) is 0. The first kappa shape index (κ1) is 17.4. The fourth-order valence-electron chi connectivity index (χ4n) is 1.59. The lowest BCUT2D eigenvalue weighted by atomic mass is 10.1. The quantitative estimate of drug-likeness (QED) is 0.637. The number of imide groups is 1. The van der Waals surface area contributed by atoms with Crippen LogP contribution in [0.25, 0.3) is 6.08 Å². The highest BCUT2D eigenvalue weighted by Gasteiger charge is 2.26. The lowest BCUT2D eigenvalue weighted by molar-refractivity contribution is -0.153. The topological polar surface area (TPSA) is 98.5 Å². The number of ether oxygens (including phenoxy) is 1. The van der Waals surface area contributed by atoms with Gasteiger partial charge in [0, 0.05) is 6.08 Å². The molecular formula is C15H17FN2O4. The molecule has 3 N–H and O–H groups in total. The molecule has 0 bridgehead atoms. The number of halogens is 1. The summed E-state index contributed by atoms with van der Waals surface area (Å²) in [6.07, 6.45) is 1.39. The molecule has 0 unspecified atom stereocenters. The van der Waals surface area contributed by atoms with Crippen LogP contribution in [0.4, 0.5) is 9.18 Å².